The van der Waals surface area contributed by atoms with Gasteiger partial charge in [0.2, 0.25) is 17.7 Å². The lowest BCUT2D eigenvalue weighted by Crippen LogP contribution is -2.31. The van der Waals surface area contributed by atoms with Gasteiger partial charge in [-0.05, 0) is 65.9 Å². The molecule has 2 aromatic rings. The van der Waals surface area contributed by atoms with Gasteiger partial charge in [0.15, 0.2) is 0 Å². The lowest BCUT2D eigenvalue weighted by Gasteiger charge is -2.15. The lowest BCUT2D eigenvalue weighted by atomic mass is 10.2. The highest BCUT2D eigenvalue weighted by atomic mass is 127. The van der Waals surface area contributed by atoms with Crippen molar-refractivity contribution in [3.8, 4) is 0 Å². The molecule has 1 saturated heterocycles. The van der Waals surface area contributed by atoms with E-state index in [0.717, 1.165) is 14.8 Å². The summed E-state index contributed by atoms with van der Waals surface area (Å²) in [4.78, 5) is 38.1. The van der Waals surface area contributed by atoms with E-state index < -0.39 is 5.25 Å². The Morgan fingerprint density at radius 3 is 2.46 bits per heavy atom. The van der Waals surface area contributed by atoms with Crippen LogP contribution in [-0.2, 0) is 14.4 Å². The molecule has 0 spiro atoms. The van der Waals surface area contributed by atoms with Gasteiger partial charge in [-0.25, -0.2) is 4.90 Å². The van der Waals surface area contributed by atoms with Crippen molar-refractivity contribution in [3.63, 3.8) is 0 Å². The molecule has 3 rings (SSSR count). The average molecular weight is 480 g/mol. The molecule has 134 valence electrons. The molecule has 26 heavy (non-hydrogen) atoms. The molecular weight excluding hydrogens is 463 g/mol. The van der Waals surface area contributed by atoms with Crippen molar-refractivity contribution in [2.75, 3.05) is 16.0 Å². The molecule has 3 amide bonds. The van der Waals surface area contributed by atoms with Crippen molar-refractivity contribution < 1.29 is 14.4 Å². The molecule has 5 nitrogen and oxygen atoms in total. The Balaban J connectivity index is 1.57. The molecule has 0 aliphatic carbocycles. The molecule has 1 aliphatic rings. The number of rotatable bonds is 5. The average Bonchev–Trinajstić information content (AvgIpc) is 2.90. The number of halogens is 1. The van der Waals surface area contributed by atoms with Crippen LogP contribution in [0.3, 0.4) is 0 Å². The van der Waals surface area contributed by atoms with Crippen molar-refractivity contribution >= 4 is 63.4 Å². The number of anilines is 2. The van der Waals surface area contributed by atoms with E-state index in [1.807, 2.05) is 43.3 Å². The Kier molecular flexibility index (Phi) is 5.98. The molecule has 1 aliphatic heterocycles. The maximum absolute atomic E-state index is 12.6. The maximum Gasteiger partial charge on any atom is 0.247 e. The zero-order valence-electron chi connectivity index (χ0n) is 14.1. The van der Waals surface area contributed by atoms with Crippen LogP contribution in [0.25, 0.3) is 0 Å². The summed E-state index contributed by atoms with van der Waals surface area (Å²) >= 11 is 3.37. The minimum absolute atomic E-state index is 0.118. The number of amides is 3. The van der Waals surface area contributed by atoms with E-state index >= 15 is 0 Å². The van der Waals surface area contributed by atoms with Crippen LogP contribution < -0.4 is 10.2 Å². The van der Waals surface area contributed by atoms with Gasteiger partial charge in [0.25, 0.3) is 0 Å². The second-order valence-electron chi connectivity index (χ2n) is 5.96. The third kappa shape index (κ3) is 4.45. The lowest BCUT2D eigenvalue weighted by molar-refractivity contribution is -0.121. The largest absolute Gasteiger partial charge is 0.325 e. The molecule has 0 unspecified atom stereocenters. The van der Waals surface area contributed by atoms with Crippen LogP contribution in [-0.4, -0.2) is 28.7 Å². The molecule has 0 radical (unpaired) electrons. The van der Waals surface area contributed by atoms with Gasteiger partial charge in [0, 0.05) is 15.7 Å². The molecule has 1 N–H and O–H groups in total. The number of nitrogens with one attached hydrogen (secondary N) is 1. The number of imide groups is 1. The fourth-order valence-corrected chi connectivity index (χ4v) is 3.90. The molecule has 7 heteroatoms. The Hall–Kier alpha value is -1.87. The van der Waals surface area contributed by atoms with Crippen LogP contribution in [0.2, 0.25) is 0 Å². The summed E-state index contributed by atoms with van der Waals surface area (Å²) in [5.74, 6) is -0.554. The summed E-state index contributed by atoms with van der Waals surface area (Å²) in [6.45, 7) is 1.98. The summed E-state index contributed by atoms with van der Waals surface area (Å²) < 4.78 is 1.03. The van der Waals surface area contributed by atoms with Crippen molar-refractivity contribution in [2.45, 2.75) is 18.6 Å². The number of thioether (sulfide) groups is 1. The molecule has 2 aromatic carbocycles. The summed E-state index contributed by atoms with van der Waals surface area (Å²) in [6.07, 6.45) is 0.118. The Morgan fingerprint density at radius 1 is 1.15 bits per heavy atom. The van der Waals surface area contributed by atoms with Gasteiger partial charge in [-0.1, -0.05) is 17.7 Å². The van der Waals surface area contributed by atoms with Gasteiger partial charge < -0.3 is 5.32 Å². The zero-order valence-corrected chi connectivity index (χ0v) is 17.0. The van der Waals surface area contributed by atoms with E-state index in [9.17, 15) is 14.4 Å². The van der Waals surface area contributed by atoms with Gasteiger partial charge in [-0.15, -0.1) is 11.8 Å². The summed E-state index contributed by atoms with van der Waals surface area (Å²) in [6, 6.07) is 14.7. The molecule has 1 atom stereocenters. The molecular formula is C19H17IN2O3S. The van der Waals surface area contributed by atoms with E-state index in [1.54, 1.807) is 12.1 Å². The minimum Gasteiger partial charge on any atom is -0.325 e. The number of benzene rings is 2. The van der Waals surface area contributed by atoms with Gasteiger partial charge in [-0.3, -0.25) is 14.4 Å². The van der Waals surface area contributed by atoms with Crippen LogP contribution in [0.4, 0.5) is 11.4 Å². The molecule has 0 saturated carbocycles. The highest BCUT2D eigenvalue weighted by Gasteiger charge is 2.39. The summed E-state index contributed by atoms with van der Waals surface area (Å²) in [5.41, 5.74) is 2.41. The van der Waals surface area contributed by atoms with Crippen LogP contribution >= 0.6 is 34.4 Å². The van der Waals surface area contributed by atoms with E-state index in [1.165, 1.54) is 16.7 Å². The highest BCUT2D eigenvalue weighted by Crippen LogP contribution is 2.30. The third-order valence-corrected chi connectivity index (χ3v) is 5.86. The standard InChI is InChI=1S/C19H17IN2O3S/c1-12-2-6-14(7-3-12)21-17(23)11-26-16-10-18(24)22(19(16)25)15-8-4-13(20)5-9-15/h2-9,16H,10-11H2,1H3,(H,21,23)/t16-/m1/s1. The minimum atomic E-state index is -0.523. The van der Waals surface area contributed by atoms with Gasteiger partial charge in [-0.2, -0.15) is 0 Å². The van der Waals surface area contributed by atoms with Gasteiger partial charge in [0.1, 0.15) is 0 Å². The first kappa shape index (κ1) is 18.9. The van der Waals surface area contributed by atoms with Crippen molar-refractivity contribution in [1.82, 2.24) is 0 Å². The normalized spacial score (nSPS) is 16.8. The number of carbonyl (C=O) groups excluding carboxylic acids is 3. The number of hydrogen-bond donors (Lipinski definition) is 1. The summed E-state index contributed by atoms with van der Waals surface area (Å²) in [5, 5.41) is 2.28. The first-order chi connectivity index (χ1) is 12.4. The first-order valence-electron chi connectivity index (χ1n) is 8.04. The second kappa shape index (κ2) is 8.22. The van der Waals surface area contributed by atoms with Crippen molar-refractivity contribution in [1.29, 1.82) is 0 Å². The second-order valence-corrected chi connectivity index (χ2v) is 8.40. The first-order valence-corrected chi connectivity index (χ1v) is 10.2. The van der Waals surface area contributed by atoms with Gasteiger partial charge >= 0.3 is 0 Å². The topological polar surface area (TPSA) is 66.5 Å². The summed E-state index contributed by atoms with van der Waals surface area (Å²) in [7, 11) is 0. The SMILES string of the molecule is Cc1ccc(NC(=O)CS[C@@H]2CC(=O)N(c3ccc(I)cc3)C2=O)cc1. The Morgan fingerprint density at radius 2 is 1.81 bits per heavy atom. The maximum atomic E-state index is 12.6. The highest BCUT2D eigenvalue weighted by molar-refractivity contribution is 14.1. The Bertz CT molecular complexity index is 837. The predicted molar refractivity (Wildman–Crippen MR) is 112 cm³/mol. The number of hydrogen-bond acceptors (Lipinski definition) is 4. The fourth-order valence-electron chi connectivity index (χ4n) is 2.61. The van der Waals surface area contributed by atoms with Crippen LogP contribution in [0.5, 0.6) is 0 Å². The van der Waals surface area contributed by atoms with Gasteiger partial charge in [0.05, 0.1) is 16.7 Å². The quantitative estimate of drug-likeness (QED) is 0.525. The van der Waals surface area contributed by atoms with E-state index in [-0.39, 0.29) is 29.9 Å². The van der Waals surface area contributed by atoms with E-state index in [0.29, 0.717) is 5.69 Å². The van der Waals surface area contributed by atoms with E-state index in [2.05, 4.69) is 27.9 Å². The molecule has 0 aromatic heterocycles. The van der Waals surface area contributed by atoms with Crippen LogP contribution in [0.15, 0.2) is 48.5 Å². The third-order valence-electron chi connectivity index (χ3n) is 3.94. The predicted octanol–water partition coefficient (Wildman–Crippen LogP) is 3.60. The Labute approximate surface area is 169 Å². The fraction of sp³-hybridized carbons (Fsp3) is 0.211. The molecule has 1 heterocycles. The van der Waals surface area contributed by atoms with Crippen LogP contribution in [0, 0.1) is 10.5 Å². The molecule has 0 bridgehead atoms. The monoisotopic (exact) mass is 480 g/mol. The van der Waals surface area contributed by atoms with Crippen LogP contribution in [0.1, 0.15) is 12.0 Å². The smallest absolute Gasteiger partial charge is 0.247 e. The van der Waals surface area contributed by atoms with Crippen molar-refractivity contribution in [2.24, 2.45) is 0 Å². The number of nitrogens with zero attached hydrogens (tertiary/aromatic N) is 1. The zero-order chi connectivity index (χ0) is 18.7. The number of aryl methyl sites for hydroxylation is 1. The van der Waals surface area contributed by atoms with Crippen molar-refractivity contribution in [3.05, 3.63) is 57.7 Å². The molecule has 1 fully saturated rings. The van der Waals surface area contributed by atoms with E-state index in [4.69, 9.17) is 0 Å². The number of carbonyl (C=O) groups is 3.